The number of ether oxygens (including phenoxy) is 3. The highest BCUT2D eigenvalue weighted by molar-refractivity contribution is 5.89. The third-order valence-corrected chi connectivity index (χ3v) is 7.53. The van der Waals surface area contributed by atoms with Gasteiger partial charge in [-0.1, -0.05) is 84.9 Å². The molecule has 3 aromatic rings. The maximum Gasteiger partial charge on any atom is 0.338 e. The van der Waals surface area contributed by atoms with Crippen molar-refractivity contribution in [3.8, 4) is 11.1 Å². The molecule has 3 aromatic carbocycles. The molecule has 1 N–H and O–H groups in total. The maximum absolute atomic E-state index is 12.8. The third-order valence-electron chi connectivity index (χ3n) is 7.53. The highest BCUT2D eigenvalue weighted by Gasteiger charge is 2.54. The van der Waals surface area contributed by atoms with Gasteiger partial charge in [-0.05, 0) is 48.1 Å². The van der Waals surface area contributed by atoms with E-state index in [0.29, 0.717) is 24.8 Å². The van der Waals surface area contributed by atoms with Crippen molar-refractivity contribution in [1.29, 1.82) is 0 Å². The zero-order valence-electron chi connectivity index (χ0n) is 23.2. The average molecular weight is 557 g/mol. The number of allylic oxidation sites excluding steroid dienone is 2. The van der Waals surface area contributed by atoms with Gasteiger partial charge in [0.25, 0.3) is 0 Å². The van der Waals surface area contributed by atoms with Crippen molar-refractivity contribution in [3.05, 3.63) is 108 Å². The van der Waals surface area contributed by atoms with Crippen LogP contribution in [0.25, 0.3) is 11.1 Å². The van der Waals surface area contributed by atoms with E-state index in [9.17, 15) is 19.5 Å². The molecule has 3 atom stereocenters. The minimum absolute atomic E-state index is 0.144. The van der Waals surface area contributed by atoms with Crippen LogP contribution in [-0.2, 0) is 30.4 Å². The first-order chi connectivity index (χ1) is 19.9. The fourth-order valence-corrected chi connectivity index (χ4v) is 5.22. The molecule has 0 radical (unpaired) electrons. The van der Waals surface area contributed by atoms with Gasteiger partial charge in [-0.15, -0.1) is 0 Å². The first-order valence-corrected chi connectivity index (χ1v) is 13.9. The van der Waals surface area contributed by atoms with Gasteiger partial charge in [0.15, 0.2) is 0 Å². The molecule has 41 heavy (non-hydrogen) atoms. The first-order valence-electron chi connectivity index (χ1n) is 13.9. The molecule has 1 saturated carbocycles. The van der Waals surface area contributed by atoms with E-state index < -0.39 is 29.6 Å². The number of rotatable bonds is 13. The van der Waals surface area contributed by atoms with Gasteiger partial charge in [0, 0.05) is 19.3 Å². The van der Waals surface area contributed by atoms with Crippen molar-refractivity contribution in [2.75, 3.05) is 7.11 Å². The highest BCUT2D eigenvalue weighted by atomic mass is 16.5. The number of carboxylic acid groups (broad SMARTS) is 1. The molecule has 1 aliphatic rings. The molecule has 4 rings (SSSR count). The number of aliphatic carboxylic acids is 1. The van der Waals surface area contributed by atoms with Gasteiger partial charge < -0.3 is 19.3 Å². The van der Waals surface area contributed by atoms with Crippen molar-refractivity contribution in [2.24, 2.45) is 5.41 Å². The minimum Gasteiger partial charge on any atom is -0.481 e. The van der Waals surface area contributed by atoms with Crippen LogP contribution in [0.5, 0.6) is 0 Å². The topological polar surface area (TPSA) is 99.1 Å². The average Bonchev–Trinajstić information content (AvgIpc) is 3.36. The predicted octanol–water partition coefficient (Wildman–Crippen LogP) is 6.62. The van der Waals surface area contributed by atoms with Crippen LogP contribution < -0.4 is 0 Å². The second-order valence-electron chi connectivity index (χ2n) is 10.3. The van der Waals surface area contributed by atoms with Crippen LogP contribution in [-0.4, -0.2) is 42.3 Å². The van der Waals surface area contributed by atoms with E-state index in [-0.39, 0.29) is 31.8 Å². The number of benzene rings is 3. The van der Waals surface area contributed by atoms with E-state index in [0.717, 1.165) is 16.7 Å². The maximum atomic E-state index is 12.8. The molecule has 0 aromatic heterocycles. The van der Waals surface area contributed by atoms with Gasteiger partial charge in [-0.2, -0.15) is 0 Å². The van der Waals surface area contributed by atoms with Crippen LogP contribution in [0, 0.1) is 5.41 Å². The Bertz CT molecular complexity index is 1320. The third kappa shape index (κ3) is 7.92. The first kappa shape index (κ1) is 29.7. The fourth-order valence-electron chi connectivity index (χ4n) is 5.22. The Labute approximate surface area is 240 Å². The number of carbonyl (C=O) groups excluding carboxylic acids is 2. The van der Waals surface area contributed by atoms with Crippen molar-refractivity contribution < 1.29 is 33.7 Å². The summed E-state index contributed by atoms with van der Waals surface area (Å²) in [5, 5.41) is 10.5. The molecule has 0 saturated heterocycles. The van der Waals surface area contributed by atoms with Crippen molar-refractivity contribution in [1.82, 2.24) is 0 Å². The number of unbranched alkanes of at least 4 members (excludes halogenated alkanes) is 1. The molecule has 1 aliphatic carbocycles. The number of hydrogen-bond donors (Lipinski definition) is 1. The van der Waals surface area contributed by atoms with Crippen LogP contribution in [0.1, 0.15) is 54.4 Å². The smallest absolute Gasteiger partial charge is 0.338 e. The van der Waals surface area contributed by atoms with Gasteiger partial charge in [-0.3, -0.25) is 9.59 Å². The molecule has 214 valence electrons. The Balaban J connectivity index is 1.46. The molecular weight excluding hydrogens is 520 g/mol. The van der Waals surface area contributed by atoms with E-state index in [1.807, 2.05) is 72.8 Å². The van der Waals surface area contributed by atoms with Gasteiger partial charge in [-0.25, -0.2) is 4.79 Å². The Hall–Kier alpha value is -4.23. The normalized spacial score (nSPS) is 20.1. The summed E-state index contributed by atoms with van der Waals surface area (Å²) in [7, 11) is 1.35. The summed E-state index contributed by atoms with van der Waals surface area (Å²) in [5.41, 5.74) is 2.28. The molecule has 0 aliphatic heterocycles. The summed E-state index contributed by atoms with van der Waals surface area (Å²) < 4.78 is 16.7. The highest BCUT2D eigenvalue weighted by Crippen LogP contribution is 2.46. The molecule has 0 amide bonds. The quantitative estimate of drug-likeness (QED) is 0.144. The second kappa shape index (κ2) is 14.4. The largest absolute Gasteiger partial charge is 0.481 e. The molecule has 7 nitrogen and oxygen atoms in total. The van der Waals surface area contributed by atoms with Crippen LogP contribution >= 0.6 is 0 Å². The van der Waals surface area contributed by atoms with Crippen molar-refractivity contribution >= 4 is 17.9 Å². The van der Waals surface area contributed by atoms with E-state index in [1.165, 1.54) is 7.11 Å². The second-order valence-corrected chi connectivity index (χ2v) is 10.3. The summed E-state index contributed by atoms with van der Waals surface area (Å²) in [5.74, 6) is -1.74. The van der Waals surface area contributed by atoms with Crippen molar-refractivity contribution in [3.63, 3.8) is 0 Å². The lowest BCUT2D eigenvalue weighted by molar-refractivity contribution is -0.158. The Morgan fingerprint density at radius 2 is 1.56 bits per heavy atom. The van der Waals surface area contributed by atoms with Crippen LogP contribution in [0.2, 0.25) is 0 Å². The molecule has 7 heteroatoms. The Morgan fingerprint density at radius 1 is 0.902 bits per heavy atom. The van der Waals surface area contributed by atoms with Gasteiger partial charge in [0.2, 0.25) is 0 Å². The van der Waals surface area contributed by atoms with E-state index in [2.05, 4.69) is 4.74 Å². The number of carbonyl (C=O) groups is 3. The number of hydrogen-bond acceptors (Lipinski definition) is 6. The van der Waals surface area contributed by atoms with E-state index in [4.69, 9.17) is 9.47 Å². The molecule has 0 unspecified atom stereocenters. The lowest BCUT2D eigenvalue weighted by Gasteiger charge is -2.30. The zero-order valence-corrected chi connectivity index (χ0v) is 23.2. The monoisotopic (exact) mass is 556 g/mol. The number of carboxylic acids is 1. The molecule has 0 heterocycles. The number of methoxy groups -OCH3 is 1. The Morgan fingerprint density at radius 3 is 2.22 bits per heavy atom. The Kier molecular flexibility index (Phi) is 10.5. The lowest BCUT2D eigenvalue weighted by atomic mass is 9.80. The fraction of sp³-hybridized carbons (Fsp3) is 0.324. The van der Waals surface area contributed by atoms with Crippen LogP contribution in [0.15, 0.2) is 97.1 Å². The summed E-state index contributed by atoms with van der Waals surface area (Å²) in [4.78, 5) is 36.9. The SMILES string of the molecule is COC(=O)CCCC=CC[C@@]1(C(=O)O)C[C@@H](OC(=O)c2ccccc2)C[C@@H]1OCc1ccc(-c2ccccc2)cc1. The summed E-state index contributed by atoms with van der Waals surface area (Å²) in [6.07, 6.45) is 4.63. The van der Waals surface area contributed by atoms with E-state index in [1.54, 1.807) is 24.3 Å². The molecule has 0 spiro atoms. The summed E-state index contributed by atoms with van der Waals surface area (Å²) in [6.45, 7) is 0.233. The van der Waals surface area contributed by atoms with Crippen molar-refractivity contribution in [2.45, 2.75) is 57.3 Å². The van der Waals surface area contributed by atoms with Crippen LogP contribution in [0.4, 0.5) is 0 Å². The lowest BCUT2D eigenvalue weighted by Crippen LogP contribution is -2.39. The summed E-state index contributed by atoms with van der Waals surface area (Å²) >= 11 is 0. The van der Waals surface area contributed by atoms with Gasteiger partial charge >= 0.3 is 17.9 Å². The predicted molar refractivity (Wildman–Crippen MR) is 155 cm³/mol. The standard InChI is InChI=1S/C34H36O7/c1-39-31(35)16-10-2-3-11-21-34(33(37)38)23-29(41-32(36)28-14-8-5-9-15-28)22-30(34)40-24-25-17-19-27(20-18-25)26-12-6-4-7-13-26/h3-9,11-15,17-20,29-30H,2,10,16,21-24H2,1H3,(H,37,38)/t29-,30-,34+/m0/s1. The van der Waals surface area contributed by atoms with Gasteiger partial charge in [0.05, 0.1) is 25.4 Å². The molecule has 0 bridgehead atoms. The zero-order chi connectivity index (χ0) is 29.1. The minimum atomic E-state index is -1.26. The summed E-state index contributed by atoms with van der Waals surface area (Å²) in [6, 6.07) is 26.7. The van der Waals surface area contributed by atoms with E-state index >= 15 is 0 Å². The van der Waals surface area contributed by atoms with Gasteiger partial charge in [0.1, 0.15) is 11.5 Å². The van der Waals surface area contributed by atoms with Crippen LogP contribution in [0.3, 0.4) is 0 Å². The molecule has 1 fully saturated rings. The molecular formula is C34H36O7. The number of esters is 2.